The number of esters is 1. The molecule has 3 heterocycles. The van der Waals surface area contributed by atoms with E-state index in [2.05, 4.69) is 9.97 Å². The number of fused-ring (bicyclic) bond motifs is 1. The third kappa shape index (κ3) is 3.43. The lowest BCUT2D eigenvalue weighted by Gasteiger charge is -2.23. The van der Waals surface area contributed by atoms with Gasteiger partial charge in [-0.2, -0.15) is 4.98 Å². The van der Waals surface area contributed by atoms with Crippen LogP contribution in [0.15, 0.2) is 9.59 Å². The van der Waals surface area contributed by atoms with Crippen LogP contribution >= 0.6 is 11.3 Å². The summed E-state index contributed by atoms with van der Waals surface area (Å²) in [4.78, 5) is 41.6. The third-order valence-electron chi connectivity index (χ3n) is 3.87. The van der Waals surface area contributed by atoms with E-state index in [1.54, 1.807) is 0 Å². The number of hydrogen-bond donors (Lipinski definition) is 2. The molecule has 0 aromatic carbocycles. The SMILES string of the molecule is COCC(OC(C)=O)[C@@H]1CC[C@H](n2c(=O)sc3c(=O)[nH]c(N)nc32)O1. The Morgan fingerprint density at radius 1 is 1.52 bits per heavy atom. The lowest BCUT2D eigenvalue weighted by molar-refractivity contribution is -0.160. The second kappa shape index (κ2) is 6.94. The van der Waals surface area contributed by atoms with Crippen molar-refractivity contribution in [1.82, 2.24) is 14.5 Å². The number of methoxy groups -OCH3 is 1. The van der Waals surface area contributed by atoms with E-state index < -0.39 is 30.0 Å². The first kappa shape index (κ1) is 17.6. The van der Waals surface area contributed by atoms with Crippen molar-refractivity contribution in [2.24, 2.45) is 0 Å². The van der Waals surface area contributed by atoms with Gasteiger partial charge in [-0.15, -0.1) is 0 Å². The van der Waals surface area contributed by atoms with E-state index in [-0.39, 0.29) is 27.8 Å². The molecule has 0 radical (unpaired) electrons. The Morgan fingerprint density at radius 3 is 2.96 bits per heavy atom. The van der Waals surface area contributed by atoms with E-state index in [1.807, 2.05) is 0 Å². The summed E-state index contributed by atoms with van der Waals surface area (Å²) in [6.45, 7) is 1.49. The molecule has 1 aliphatic heterocycles. The molecule has 136 valence electrons. The summed E-state index contributed by atoms with van der Waals surface area (Å²) in [6, 6.07) is 0. The zero-order valence-electron chi connectivity index (χ0n) is 13.7. The number of thiazole rings is 1. The number of anilines is 1. The van der Waals surface area contributed by atoms with Gasteiger partial charge in [0.25, 0.3) is 5.56 Å². The number of nitrogen functional groups attached to an aromatic ring is 1. The van der Waals surface area contributed by atoms with Gasteiger partial charge in [0.05, 0.1) is 12.7 Å². The summed E-state index contributed by atoms with van der Waals surface area (Å²) >= 11 is 0.787. The van der Waals surface area contributed by atoms with Gasteiger partial charge in [0.15, 0.2) is 11.8 Å². The molecule has 0 amide bonds. The molecule has 1 saturated heterocycles. The van der Waals surface area contributed by atoms with Crippen molar-refractivity contribution in [3.63, 3.8) is 0 Å². The molecule has 3 rings (SSSR count). The van der Waals surface area contributed by atoms with Crippen molar-refractivity contribution >= 4 is 33.6 Å². The molecule has 0 bridgehead atoms. The molecule has 3 atom stereocenters. The van der Waals surface area contributed by atoms with E-state index in [0.29, 0.717) is 12.8 Å². The maximum atomic E-state index is 12.3. The van der Waals surface area contributed by atoms with Gasteiger partial charge in [-0.1, -0.05) is 11.3 Å². The minimum Gasteiger partial charge on any atom is -0.457 e. The quantitative estimate of drug-likeness (QED) is 0.700. The zero-order valence-corrected chi connectivity index (χ0v) is 14.5. The molecule has 1 aliphatic rings. The van der Waals surface area contributed by atoms with Crippen molar-refractivity contribution in [3.05, 3.63) is 20.0 Å². The fraction of sp³-hybridized carbons (Fsp3) is 0.571. The summed E-state index contributed by atoms with van der Waals surface area (Å²) in [5.41, 5.74) is 5.31. The normalized spacial score (nSPS) is 21.5. The Bertz CT molecular complexity index is 903. The molecule has 11 heteroatoms. The second-order valence-corrected chi connectivity index (χ2v) is 6.61. The first-order chi connectivity index (χ1) is 11.9. The lowest BCUT2D eigenvalue weighted by Crippen LogP contribution is -2.35. The van der Waals surface area contributed by atoms with Crippen molar-refractivity contribution in [3.8, 4) is 0 Å². The molecule has 10 nitrogen and oxygen atoms in total. The number of nitrogens with one attached hydrogen (secondary N) is 1. The second-order valence-electron chi connectivity index (χ2n) is 5.65. The average Bonchev–Trinajstić information content (AvgIpc) is 3.10. The Morgan fingerprint density at radius 2 is 2.28 bits per heavy atom. The van der Waals surface area contributed by atoms with Crippen LogP contribution in [0.3, 0.4) is 0 Å². The molecular weight excluding hydrogens is 352 g/mol. The fourth-order valence-electron chi connectivity index (χ4n) is 2.90. The van der Waals surface area contributed by atoms with Crippen LogP contribution in [0.1, 0.15) is 26.0 Å². The molecule has 1 unspecified atom stereocenters. The van der Waals surface area contributed by atoms with Crippen LogP contribution in [0.2, 0.25) is 0 Å². The van der Waals surface area contributed by atoms with Crippen molar-refractivity contribution in [2.75, 3.05) is 19.5 Å². The predicted octanol–water partition coefficient (Wildman–Crippen LogP) is -0.0158. The van der Waals surface area contributed by atoms with Crippen LogP contribution in [0.5, 0.6) is 0 Å². The summed E-state index contributed by atoms with van der Waals surface area (Å²) < 4.78 is 17.7. The van der Waals surface area contributed by atoms with Crippen LogP contribution in [-0.2, 0) is 19.0 Å². The van der Waals surface area contributed by atoms with Gasteiger partial charge in [-0.25, -0.2) is 0 Å². The van der Waals surface area contributed by atoms with E-state index in [1.165, 1.54) is 18.6 Å². The maximum Gasteiger partial charge on any atom is 0.311 e. The van der Waals surface area contributed by atoms with E-state index in [0.717, 1.165) is 11.3 Å². The van der Waals surface area contributed by atoms with Gasteiger partial charge in [-0.05, 0) is 12.8 Å². The fourth-order valence-corrected chi connectivity index (χ4v) is 3.76. The van der Waals surface area contributed by atoms with Gasteiger partial charge >= 0.3 is 10.8 Å². The topological polar surface area (TPSA) is 139 Å². The molecule has 0 spiro atoms. The van der Waals surface area contributed by atoms with Crippen LogP contribution in [0.25, 0.3) is 10.3 Å². The zero-order chi connectivity index (χ0) is 18.1. The molecule has 25 heavy (non-hydrogen) atoms. The minimum absolute atomic E-state index is 0.0734. The summed E-state index contributed by atoms with van der Waals surface area (Å²) in [5, 5.41) is 0. The number of ether oxygens (including phenoxy) is 3. The lowest BCUT2D eigenvalue weighted by atomic mass is 10.1. The highest BCUT2D eigenvalue weighted by atomic mass is 32.1. The highest BCUT2D eigenvalue weighted by Gasteiger charge is 2.36. The van der Waals surface area contributed by atoms with Crippen molar-refractivity contribution in [1.29, 1.82) is 0 Å². The number of aromatic nitrogens is 3. The van der Waals surface area contributed by atoms with Crippen LogP contribution in [0.4, 0.5) is 5.95 Å². The van der Waals surface area contributed by atoms with E-state index in [9.17, 15) is 14.4 Å². The molecule has 0 saturated carbocycles. The smallest absolute Gasteiger partial charge is 0.311 e. The number of nitrogens with zero attached hydrogens (tertiary/aromatic N) is 2. The highest BCUT2D eigenvalue weighted by Crippen LogP contribution is 2.32. The molecular formula is C14H18N4O6S. The Labute approximate surface area is 145 Å². The first-order valence-corrected chi connectivity index (χ1v) is 8.44. The number of carbonyl (C=O) groups excluding carboxylic acids is 1. The van der Waals surface area contributed by atoms with Gasteiger partial charge in [0, 0.05) is 14.0 Å². The number of hydrogen-bond acceptors (Lipinski definition) is 9. The number of H-pyrrole nitrogens is 1. The van der Waals surface area contributed by atoms with E-state index >= 15 is 0 Å². The Balaban J connectivity index is 1.90. The summed E-state index contributed by atoms with van der Waals surface area (Å²) in [5.74, 6) is -0.510. The van der Waals surface area contributed by atoms with Gasteiger partial charge < -0.3 is 19.9 Å². The Kier molecular flexibility index (Phi) is 4.88. The summed E-state index contributed by atoms with van der Waals surface area (Å²) in [6.07, 6.45) is -0.541. The standard InChI is InChI=1S/C14H18N4O6S/c1-6(19)23-8(5-22-2)7-3-4-9(24-7)18-11-10(25-14(18)21)12(20)17-13(15)16-11/h7-9H,3-5H2,1-2H3,(H3,15,16,17,20)/t7-,8?,9+/m0/s1. The van der Waals surface area contributed by atoms with Crippen LogP contribution in [-0.4, -0.2) is 46.4 Å². The predicted molar refractivity (Wildman–Crippen MR) is 89.5 cm³/mol. The molecule has 2 aromatic rings. The highest BCUT2D eigenvalue weighted by molar-refractivity contribution is 7.16. The number of carbonyl (C=O) groups is 1. The molecule has 2 aromatic heterocycles. The summed E-state index contributed by atoms with van der Waals surface area (Å²) in [7, 11) is 1.50. The van der Waals surface area contributed by atoms with Gasteiger partial charge in [0.1, 0.15) is 10.9 Å². The number of aromatic amines is 1. The maximum absolute atomic E-state index is 12.3. The minimum atomic E-state index is -0.616. The third-order valence-corrected chi connectivity index (χ3v) is 4.82. The average molecular weight is 370 g/mol. The molecule has 1 fully saturated rings. The van der Waals surface area contributed by atoms with Crippen molar-refractivity contribution in [2.45, 2.75) is 38.2 Å². The molecule has 0 aliphatic carbocycles. The first-order valence-electron chi connectivity index (χ1n) is 7.63. The van der Waals surface area contributed by atoms with Crippen molar-refractivity contribution < 1.29 is 19.0 Å². The monoisotopic (exact) mass is 370 g/mol. The van der Waals surface area contributed by atoms with Gasteiger partial charge in [0.2, 0.25) is 5.95 Å². The molecule has 3 N–H and O–H groups in total. The number of nitrogens with two attached hydrogens (primary N) is 1. The van der Waals surface area contributed by atoms with Crippen LogP contribution in [0, 0.1) is 0 Å². The Hall–Kier alpha value is -2.24. The largest absolute Gasteiger partial charge is 0.457 e. The van der Waals surface area contributed by atoms with Crippen LogP contribution < -0.4 is 16.2 Å². The van der Waals surface area contributed by atoms with Gasteiger partial charge in [-0.3, -0.25) is 23.9 Å². The number of rotatable bonds is 5. The van der Waals surface area contributed by atoms with E-state index in [4.69, 9.17) is 19.9 Å².